The zero-order chi connectivity index (χ0) is 24.1. The molecule has 1 aliphatic heterocycles. The third-order valence-electron chi connectivity index (χ3n) is 6.14. The molecule has 3 aromatic rings. The number of hydrogen-bond acceptors (Lipinski definition) is 3. The van der Waals surface area contributed by atoms with Crippen LogP contribution in [0.2, 0.25) is 0 Å². The van der Waals surface area contributed by atoms with E-state index in [9.17, 15) is 9.59 Å². The molecule has 3 amide bonds. The van der Waals surface area contributed by atoms with Crippen LogP contribution in [0, 0.1) is 13.8 Å². The second-order valence-electron chi connectivity index (χ2n) is 8.76. The van der Waals surface area contributed by atoms with Crippen molar-refractivity contribution < 1.29 is 14.3 Å². The molecule has 3 aromatic carbocycles. The summed E-state index contributed by atoms with van der Waals surface area (Å²) in [7, 11) is 1.61. The molecule has 1 fully saturated rings. The average molecular weight is 458 g/mol. The standard InChI is InChI=1S/C28H31N3O3/c1-20-8-9-21(2)23(16-20)19-30-14-5-15-31(28(30)33)25-12-10-24(11-13-25)29-27(32)18-22-6-4-7-26(17-22)34-3/h4,6-13,16-17H,5,14-15,18-19H2,1-3H3,(H,29,32). The summed E-state index contributed by atoms with van der Waals surface area (Å²) in [5, 5.41) is 2.93. The minimum absolute atomic E-state index is 0.0157. The first-order chi connectivity index (χ1) is 16.4. The lowest BCUT2D eigenvalue weighted by molar-refractivity contribution is -0.115. The molecule has 1 aliphatic rings. The van der Waals surface area contributed by atoms with Gasteiger partial charge in [0, 0.05) is 31.0 Å². The van der Waals surface area contributed by atoms with E-state index < -0.39 is 0 Å². The van der Waals surface area contributed by atoms with Crippen molar-refractivity contribution in [2.24, 2.45) is 0 Å². The SMILES string of the molecule is COc1cccc(CC(=O)Nc2ccc(N3CCCN(Cc4cc(C)ccc4C)C3=O)cc2)c1. The molecule has 0 spiro atoms. The van der Waals surface area contributed by atoms with Gasteiger partial charge in [-0.15, -0.1) is 0 Å². The molecule has 0 aliphatic carbocycles. The highest BCUT2D eigenvalue weighted by Gasteiger charge is 2.27. The monoisotopic (exact) mass is 457 g/mol. The van der Waals surface area contributed by atoms with Gasteiger partial charge in [0.2, 0.25) is 5.91 Å². The van der Waals surface area contributed by atoms with Gasteiger partial charge in [-0.25, -0.2) is 4.79 Å². The Labute approximate surface area is 201 Å². The smallest absolute Gasteiger partial charge is 0.324 e. The lowest BCUT2D eigenvalue weighted by Gasteiger charge is -2.36. The van der Waals surface area contributed by atoms with Gasteiger partial charge >= 0.3 is 6.03 Å². The largest absolute Gasteiger partial charge is 0.497 e. The van der Waals surface area contributed by atoms with Crippen molar-refractivity contribution in [3.63, 3.8) is 0 Å². The van der Waals surface area contributed by atoms with Crippen LogP contribution in [0.3, 0.4) is 0 Å². The van der Waals surface area contributed by atoms with Gasteiger partial charge in [-0.1, -0.05) is 35.9 Å². The Morgan fingerprint density at radius 3 is 2.56 bits per heavy atom. The van der Waals surface area contributed by atoms with Crippen molar-refractivity contribution in [1.82, 2.24) is 4.90 Å². The number of benzene rings is 3. The van der Waals surface area contributed by atoms with E-state index in [4.69, 9.17) is 4.74 Å². The molecule has 0 aromatic heterocycles. The first-order valence-electron chi connectivity index (χ1n) is 11.6. The molecule has 6 heteroatoms. The Morgan fingerprint density at radius 2 is 1.79 bits per heavy atom. The fraction of sp³-hybridized carbons (Fsp3) is 0.286. The molecule has 0 bridgehead atoms. The van der Waals surface area contributed by atoms with Crippen LogP contribution in [0.15, 0.2) is 66.7 Å². The highest BCUT2D eigenvalue weighted by atomic mass is 16.5. The third-order valence-corrected chi connectivity index (χ3v) is 6.14. The number of amides is 3. The lowest BCUT2D eigenvalue weighted by atomic mass is 10.0. The Bertz CT molecular complexity index is 1170. The number of ether oxygens (including phenoxy) is 1. The number of urea groups is 1. The van der Waals surface area contributed by atoms with Crippen molar-refractivity contribution in [2.45, 2.75) is 33.2 Å². The van der Waals surface area contributed by atoms with E-state index in [1.807, 2.05) is 58.3 Å². The van der Waals surface area contributed by atoms with E-state index >= 15 is 0 Å². The Balaban J connectivity index is 1.39. The summed E-state index contributed by atoms with van der Waals surface area (Å²) in [6.45, 7) is 6.21. The number of methoxy groups -OCH3 is 1. The number of carbonyl (C=O) groups excluding carboxylic acids is 2. The summed E-state index contributed by atoms with van der Waals surface area (Å²) in [4.78, 5) is 29.4. The summed E-state index contributed by atoms with van der Waals surface area (Å²) in [5.74, 6) is 0.627. The highest BCUT2D eigenvalue weighted by molar-refractivity contribution is 5.94. The summed E-state index contributed by atoms with van der Waals surface area (Å²) in [6.07, 6.45) is 1.17. The first-order valence-corrected chi connectivity index (χ1v) is 11.6. The summed E-state index contributed by atoms with van der Waals surface area (Å²) in [5.41, 5.74) is 6.01. The Morgan fingerprint density at radius 1 is 1.00 bits per heavy atom. The van der Waals surface area contributed by atoms with E-state index in [2.05, 4.69) is 37.4 Å². The van der Waals surface area contributed by atoms with Gasteiger partial charge in [0.05, 0.1) is 13.5 Å². The highest BCUT2D eigenvalue weighted by Crippen LogP contribution is 2.24. The van der Waals surface area contributed by atoms with Gasteiger partial charge in [0.25, 0.3) is 0 Å². The molecule has 34 heavy (non-hydrogen) atoms. The fourth-order valence-corrected chi connectivity index (χ4v) is 4.24. The number of nitrogens with zero attached hydrogens (tertiary/aromatic N) is 2. The number of carbonyl (C=O) groups is 2. The third kappa shape index (κ3) is 5.57. The summed E-state index contributed by atoms with van der Waals surface area (Å²) >= 11 is 0. The zero-order valence-electron chi connectivity index (χ0n) is 20.0. The van der Waals surface area contributed by atoms with Crippen LogP contribution in [0.1, 0.15) is 28.7 Å². The van der Waals surface area contributed by atoms with E-state index in [-0.39, 0.29) is 18.4 Å². The van der Waals surface area contributed by atoms with Crippen LogP contribution in [0.5, 0.6) is 5.75 Å². The maximum atomic E-state index is 13.2. The number of hydrogen-bond donors (Lipinski definition) is 1. The summed E-state index contributed by atoms with van der Waals surface area (Å²) < 4.78 is 5.22. The zero-order valence-corrected chi connectivity index (χ0v) is 20.0. The molecular weight excluding hydrogens is 426 g/mol. The van der Waals surface area contributed by atoms with Gasteiger partial charge in [-0.2, -0.15) is 0 Å². The Hall–Kier alpha value is -3.80. The fourth-order valence-electron chi connectivity index (χ4n) is 4.24. The lowest BCUT2D eigenvalue weighted by Crippen LogP contribution is -2.49. The predicted molar refractivity (Wildman–Crippen MR) is 135 cm³/mol. The molecule has 1 N–H and O–H groups in total. The van der Waals surface area contributed by atoms with Crippen LogP contribution >= 0.6 is 0 Å². The maximum absolute atomic E-state index is 13.2. The topological polar surface area (TPSA) is 61.9 Å². The molecule has 4 rings (SSSR count). The van der Waals surface area contributed by atoms with Gasteiger partial charge in [0.15, 0.2) is 0 Å². The number of nitrogens with one attached hydrogen (secondary N) is 1. The van der Waals surface area contributed by atoms with Crippen molar-refractivity contribution >= 4 is 23.3 Å². The van der Waals surface area contributed by atoms with Crippen molar-refractivity contribution in [3.8, 4) is 5.75 Å². The quantitative estimate of drug-likeness (QED) is 0.522. The van der Waals surface area contributed by atoms with Gasteiger partial charge in [-0.05, 0) is 73.4 Å². The maximum Gasteiger partial charge on any atom is 0.324 e. The second kappa shape index (κ2) is 10.4. The number of rotatable bonds is 7. The minimum Gasteiger partial charge on any atom is -0.497 e. The number of anilines is 2. The van der Waals surface area contributed by atoms with Crippen LogP contribution in [0.25, 0.3) is 0 Å². The molecule has 6 nitrogen and oxygen atoms in total. The van der Waals surface area contributed by atoms with Crippen LogP contribution in [-0.2, 0) is 17.8 Å². The molecule has 0 radical (unpaired) electrons. The van der Waals surface area contributed by atoms with E-state index in [0.29, 0.717) is 18.8 Å². The van der Waals surface area contributed by atoms with E-state index in [0.717, 1.165) is 30.0 Å². The van der Waals surface area contributed by atoms with Crippen LogP contribution in [0.4, 0.5) is 16.2 Å². The molecule has 0 saturated carbocycles. The van der Waals surface area contributed by atoms with Crippen molar-refractivity contribution in [1.29, 1.82) is 0 Å². The molecule has 0 unspecified atom stereocenters. The van der Waals surface area contributed by atoms with Gasteiger partial charge in [-0.3, -0.25) is 9.69 Å². The average Bonchev–Trinajstić information content (AvgIpc) is 2.83. The van der Waals surface area contributed by atoms with Gasteiger partial charge in [0.1, 0.15) is 5.75 Å². The van der Waals surface area contributed by atoms with Gasteiger partial charge < -0.3 is 15.0 Å². The predicted octanol–water partition coefficient (Wildman–Crippen LogP) is 5.33. The second-order valence-corrected chi connectivity index (χ2v) is 8.76. The van der Waals surface area contributed by atoms with Crippen molar-refractivity contribution in [3.05, 3.63) is 89.0 Å². The Kier molecular flexibility index (Phi) is 7.16. The number of aryl methyl sites for hydroxylation is 2. The van der Waals surface area contributed by atoms with Crippen molar-refractivity contribution in [2.75, 3.05) is 30.4 Å². The van der Waals surface area contributed by atoms with E-state index in [1.165, 1.54) is 16.7 Å². The molecular formula is C28H31N3O3. The molecule has 176 valence electrons. The summed E-state index contributed by atoms with van der Waals surface area (Å²) in [6, 6.07) is 21.3. The first kappa shape index (κ1) is 23.4. The van der Waals surface area contributed by atoms with E-state index in [1.54, 1.807) is 7.11 Å². The van der Waals surface area contributed by atoms with Crippen LogP contribution < -0.4 is 15.0 Å². The minimum atomic E-state index is -0.102. The normalized spacial score (nSPS) is 13.7. The molecule has 0 atom stereocenters. The van der Waals surface area contributed by atoms with Crippen LogP contribution in [-0.4, -0.2) is 37.0 Å². The molecule has 1 heterocycles. The molecule has 1 saturated heterocycles.